The van der Waals surface area contributed by atoms with Crippen LogP contribution in [0, 0.1) is 2.88 Å². The molecule has 0 fully saturated rings. The SMILES string of the molecule is C=CCCC(=O)c1csc(I)c1. The van der Waals surface area contributed by atoms with E-state index in [0.717, 1.165) is 14.9 Å². The number of ketones is 1. The molecule has 0 saturated heterocycles. The van der Waals surface area contributed by atoms with Crippen LogP contribution >= 0.6 is 33.9 Å². The topological polar surface area (TPSA) is 17.1 Å². The second-order valence-corrected chi connectivity index (χ2v) is 5.20. The fourth-order valence-corrected chi connectivity index (χ4v) is 2.18. The molecule has 0 aliphatic heterocycles. The van der Waals surface area contributed by atoms with E-state index in [1.54, 1.807) is 17.4 Å². The van der Waals surface area contributed by atoms with Crippen LogP contribution in [0.2, 0.25) is 0 Å². The molecule has 0 aliphatic carbocycles. The predicted molar refractivity (Wildman–Crippen MR) is 60.8 cm³/mol. The Morgan fingerprint density at radius 1 is 1.75 bits per heavy atom. The van der Waals surface area contributed by atoms with Gasteiger partial charge in [-0.3, -0.25) is 4.79 Å². The smallest absolute Gasteiger partial charge is 0.164 e. The zero-order valence-electron chi connectivity index (χ0n) is 6.55. The molecule has 0 N–H and O–H groups in total. The van der Waals surface area contributed by atoms with Crippen molar-refractivity contribution in [1.29, 1.82) is 0 Å². The molecule has 1 heterocycles. The molecule has 0 atom stereocenters. The maximum atomic E-state index is 11.4. The lowest BCUT2D eigenvalue weighted by Crippen LogP contribution is -1.95. The Balaban J connectivity index is 2.59. The van der Waals surface area contributed by atoms with Crippen LogP contribution in [0.1, 0.15) is 23.2 Å². The number of Topliss-reactive ketones (excluding diaryl/α,β-unsaturated/α-hetero) is 1. The van der Waals surface area contributed by atoms with E-state index >= 15 is 0 Å². The Kier molecular flexibility index (Phi) is 3.94. The minimum Gasteiger partial charge on any atom is -0.294 e. The van der Waals surface area contributed by atoms with Gasteiger partial charge in [-0.1, -0.05) is 6.08 Å². The molecule has 1 rings (SSSR count). The lowest BCUT2D eigenvalue weighted by atomic mass is 10.1. The standard InChI is InChI=1S/C9H9IOS/c1-2-3-4-8(11)7-5-9(10)12-6-7/h2,5-6H,1,3-4H2. The number of thiophene rings is 1. The molecule has 0 aliphatic rings. The highest BCUT2D eigenvalue weighted by molar-refractivity contribution is 14.1. The molecule has 12 heavy (non-hydrogen) atoms. The summed E-state index contributed by atoms with van der Waals surface area (Å²) in [7, 11) is 0. The molecular weight excluding hydrogens is 283 g/mol. The summed E-state index contributed by atoms with van der Waals surface area (Å²) in [4.78, 5) is 11.4. The van der Waals surface area contributed by atoms with Crippen molar-refractivity contribution < 1.29 is 4.79 Å². The summed E-state index contributed by atoms with van der Waals surface area (Å²) in [5.74, 6) is 0.217. The molecule has 1 aromatic rings. The molecular formula is C9H9IOS. The Labute approximate surface area is 89.6 Å². The minimum atomic E-state index is 0.217. The van der Waals surface area contributed by atoms with Gasteiger partial charge >= 0.3 is 0 Å². The highest BCUT2D eigenvalue weighted by Gasteiger charge is 2.05. The van der Waals surface area contributed by atoms with Crippen molar-refractivity contribution in [2.75, 3.05) is 0 Å². The first kappa shape index (κ1) is 9.92. The van der Waals surface area contributed by atoms with Gasteiger partial charge in [0.25, 0.3) is 0 Å². The molecule has 0 radical (unpaired) electrons. The highest BCUT2D eigenvalue weighted by atomic mass is 127. The fraction of sp³-hybridized carbons (Fsp3) is 0.222. The minimum absolute atomic E-state index is 0.217. The van der Waals surface area contributed by atoms with E-state index < -0.39 is 0 Å². The summed E-state index contributed by atoms with van der Waals surface area (Å²) in [6.45, 7) is 3.58. The zero-order chi connectivity index (χ0) is 8.97. The molecule has 64 valence electrons. The lowest BCUT2D eigenvalue weighted by molar-refractivity contribution is 0.0984. The number of allylic oxidation sites excluding steroid dienone is 1. The van der Waals surface area contributed by atoms with Crippen molar-refractivity contribution in [3.8, 4) is 0 Å². The third-order valence-electron chi connectivity index (χ3n) is 1.46. The maximum Gasteiger partial charge on any atom is 0.164 e. The quantitative estimate of drug-likeness (QED) is 0.471. The number of hydrogen-bond acceptors (Lipinski definition) is 2. The van der Waals surface area contributed by atoms with Crippen LogP contribution < -0.4 is 0 Å². The molecule has 0 saturated carbocycles. The second kappa shape index (κ2) is 4.77. The van der Waals surface area contributed by atoms with E-state index in [4.69, 9.17) is 0 Å². The summed E-state index contributed by atoms with van der Waals surface area (Å²) in [6, 6.07) is 1.93. The van der Waals surface area contributed by atoms with Crippen LogP contribution in [0.15, 0.2) is 24.1 Å². The van der Waals surface area contributed by atoms with Gasteiger partial charge in [-0.2, -0.15) is 0 Å². The van der Waals surface area contributed by atoms with Gasteiger partial charge in [0.2, 0.25) is 0 Å². The van der Waals surface area contributed by atoms with Crippen molar-refractivity contribution in [1.82, 2.24) is 0 Å². The van der Waals surface area contributed by atoms with Crippen LogP contribution in [0.4, 0.5) is 0 Å². The van der Waals surface area contributed by atoms with Gasteiger partial charge in [0, 0.05) is 17.4 Å². The van der Waals surface area contributed by atoms with E-state index in [2.05, 4.69) is 29.2 Å². The summed E-state index contributed by atoms with van der Waals surface area (Å²) in [5.41, 5.74) is 0.839. The molecule has 0 bridgehead atoms. The van der Waals surface area contributed by atoms with Crippen LogP contribution in [-0.2, 0) is 0 Å². The largest absolute Gasteiger partial charge is 0.294 e. The van der Waals surface area contributed by atoms with Crippen molar-refractivity contribution in [2.24, 2.45) is 0 Å². The Bertz CT molecular complexity index is 290. The maximum absolute atomic E-state index is 11.4. The van der Waals surface area contributed by atoms with Crippen molar-refractivity contribution in [3.63, 3.8) is 0 Å². The zero-order valence-corrected chi connectivity index (χ0v) is 9.52. The number of carbonyl (C=O) groups excluding carboxylic acids is 1. The third kappa shape index (κ3) is 2.71. The van der Waals surface area contributed by atoms with E-state index in [0.29, 0.717) is 6.42 Å². The monoisotopic (exact) mass is 292 g/mol. The predicted octanol–water partition coefficient (Wildman–Crippen LogP) is 3.50. The first-order chi connectivity index (χ1) is 5.74. The van der Waals surface area contributed by atoms with Crippen LogP contribution in [0.25, 0.3) is 0 Å². The van der Waals surface area contributed by atoms with E-state index in [1.165, 1.54) is 0 Å². The molecule has 1 nitrogen and oxygen atoms in total. The Hall–Kier alpha value is -0.160. The Morgan fingerprint density at radius 2 is 2.50 bits per heavy atom. The summed E-state index contributed by atoms with van der Waals surface area (Å²) >= 11 is 3.82. The number of rotatable bonds is 4. The fourth-order valence-electron chi connectivity index (χ4n) is 0.834. The second-order valence-electron chi connectivity index (χ2n) is 2.39. The van der Waals surface area contributed by atoms with Crippen LogP contribution in [0.3, 0.4) is 0 Å². The van der Waals surface area contributed by atoms with Gasteiger partial charge in [-0.05, 0) is 35.1 Å². The van der Waals surface area contributed by atoms with Crippen molar-refractivity contribution >= 4 is 39.7 Å². The lowest BCUT2D eigenvalue weighted by Gasteiger charge is -1.92. The van der Waals surface area contributed by atoms with Crippen molar-refractivity contribution in [3.05, 3.63) is 32.5 Å². The summed E-state index contributed by atoms with van der Waals surface area (Å²) in [6.07, 6.45) is 3.12. The number of halogens is 1. The van der Waals surface area contributed by atoms with Crippen molar-refractivity contribution in [2.45, 2.75) is 12.8 Å². The molecule has 0 unspecified atom stereocenters. The van der Waals surface area contributed by atoms with Gasteiger partial charge in [0.1, 0.15) is 0 Å². The van der Waals surface area contributed by atoms with Gasteiger partial charge in [-0.25, -0.2) is 0 Å². The normalized spacial score (nSPS) is 9.75. The van der Waals surface area contributed by atoms with Gasteiger partial charge in [0.05, 0.1) is 2.88 Å². The van der Waals surface area contributed by atoms with Gasteiger partial charge in [0.15, 0.2) is 5.78 Å². The van der Waals surface area contributed by atoms with E-state index in [9.17, 15) is 4.79 Å². The third-order valence-corrected chi connectivity index (χ3v) is 3.25. The number of carbonyl (C=O) groups is 1. The summed E-state index contributed by atoms with van der Waals surface area (Å²) in [5, 5.41) is 1.91. The Morgan fingerprint density at radius 3 is 3.00 bits per heavy atom. The van der Waals surface area contributed by atoms with Crippen LogP contribution in [-0.4, -0.2) is 5.78 Å². The highest BCUT2D eigenvalue weighted by Crippen LogP contribution is 2.18. The van der Waals surface area contributed by atoms with E-state index in [1.807, 2.05) is 11.4 Å². The molecule has 3 heteroatoms. The summed E-state index contributed by atoms with van der Waals surface area (Å²) < 4.78 is 1.16. The average molecular weight is 292 g/mol. The van der Waals surface area contributed by atoms with Crippen LogP contribution in [0.5, 0.6) is 0 Å². The van der Waals surface area contributed by atoms with Gasteiger partial charge in [-0.15, -0.1) is 17.9 Å². The first-order valence-corrected chi connectivity index (χ1v) is 5.58. The average Bonchev–Trinajstić information content (AvgIpc) is 2.47. The molecule has 0 amide bonds. The van der Waals surface area contributed by atoms with Gasteiger partial charge < -0.3 is 0 Å². The van der Waals surface area contributed by atoms with E-state index in [-0.39, 0.29) is 5.78 Å². The molecule has 0 aromatic carbocycles. The number of hydrogen-bond donors (Lipinski definition) is 0. The first-order valence-electron chi connectivity index (χ1n) is 3.62. The molecule has 0 spiro atoms. The molecule has 1 aromatic heterocycles.